The van der Waals surface area contributed by atoms with Crippen molar-refractivity contribution in [2.75, 3.05) is 26.8 Å². The number of hydrogen-bond acceptors (Lipinski definition) is 4. The largest absolute Gasteiger partial charge is 0.481 e. The lowest BCUT2D eigenvalue weighted by Crippen LogP contribution is -2.51. The lowest BCUT2D eigenvalue weighted by molar-refractivity contribution is -0.144. The van der Waals surface area contributed by atoms with Crippen LogP contribution in [0.25, 0.3) is 0 Å². The van der Waals surface area contributed by atoms with Crippen LogP contribution in [0.2, 0.25) is 0 Å². The van der Waals surface area contributed by atoms with Gasteiger partial charge in [-0.25, -0.2) is 0 Å². The first-order valence-electron chi connectivity index (χ1n) is 5.90. The van der Waals surface area contributed by atoms with Crippen molar-refractivity contribution in [3.63, 3.8) is 0 Å². The van der Waals surface area contributed by atoms with E-state index in [2.05, 4.69) is 11.9 Å². The Morgan fingerprint density at radius 3 is 2.83 bits per heavy atom. The number of hydrogen-bond donors (Lipinski definition) is 2. The molecule has 0 radical (unpaired) electrons. The van der Waals surface area contributed by atoms with Gasteiger partial charge in [-0.15, -0.1) is 6.58 Å². The minimum absolute atomic E-state index is 0.145. The first-order valence-corrected chi connectivity index (χ1v) is 5.90. The molecule has 0 aromatic heterocycles. The van der Waals surface area contributed by atoms with E-state index in [4.69, 9.17) is 9.84 Å². The number of carboxylic acid groups (broad SMARTS) is 1. The van der Waals surface area contributed by atoms with E-state index in [9.17, 15) is 9.59 Å². The van der Waals surface area contributed by atoms with Crippen LogP contribution in [0.4, 0.5) is 0 Å². The fraction of sp³-hybridized carbons (Fsp3) is 0.667. The lowest BCUT2D eigenvalue weighted by Gasteiger charge is -2.30. The highest BCUT2D eigenvalue weighted by Gasteiger charge is 2.39. The van der Waals surface area contributed by atoms with Crippen molar-refractivity contribution in [2.24, 2.45) is 5.92 Å². The average molecular weight is 256 g/mol. The van der Waals surface area contributed by atoms with Gasteiger partial charge in [-0.05, 0) is 14.0 Å². The summed E-state index contributed by atoms with van der Waals surface area (Å²) in [6.07, 6.45) is 1.60. The molecule has 0 bridgehead atoms. The number of amides is 1. The molecule has 6 nitrogen and oxygen atoms in total. The molecule has 0 aromatic carbocycles. The molecule has 1 aliphatic heterocycles. The van der Waals surface area contributed by atoms with Crippen LogP contribution in [0.3, 0.4) is 0 Å². The highest BCUT2D eigenvalue weighted by atomic mass is 16.5. The van der Waals surface area contributed by atoms with E-state index in [1.165, 1.54) is 0 Å². The third-order valence-corrected chi connectivity index (χ3v) is 3.30. The number of carbonyl (C=O) groups is 2. The summed E-state index contributed by atoms with van der Waals surface area (Å²) < 4.78 is 5.19. The van der Waals surface area contributed by atoms with Gasteiger partial charge in [-0.3, -0.25) is 14.5 Å². The first-order chi connectivity index (χ1) is 8.49. The van der Waals surface area contributed by atoms with Crippen LogP contribution >= 0.6 is 0 Å². The van der Waals surface area contributed by atoms with E-state index in [1.54, 1.807) is 24.9 Å². The molecule has 18 heavy (non-hydrogen) atoms. The minimum Gasteiger partial charge on any atom is -0.481 e. The molecule has 3 atom stereocenters. The Labute approximate surface area is 107 Å². The smallest absolute Gasteiger partial charge is 0.310 e. The zero-order valence-electron chi connectivity index (χ0n) is 10.8. The summed E-state index contributed by atoms with van der Waals surface area (Å²) in [7, 11) is 1.74. The van der Waals surface area contributed by atoms with Crippen LogP contribution in [0.15, 0.2) is 12.7 Å². The summed E-state index contributed by atoms with van der Waals surface area (Å²) in [5.41, 5.74) is 0. The third-order valence-electron chi connectivity index (χ3n) is 3.30. The van der Waals surface area contributed by atoms with Crippen LogP contribution in [0, 0.1) is 5.92 Å². The molecule has 1 rings (SSSR count). The monoisotopic (exact) mass is 256 g/mol. The maximum absolute atomic E-state index is 11.8. The van der Waals surface area contributed by atoms with Crippen molar-refractivity contribution in [3.8, 4) is 0 Å². The normalized spacial score (nSPS) is 24.8. The SMILES string of the molecule is C=CCNC(=O)C(C)N(C)C1COCC1C(=O)O. The summed E-state index contributed by atoms with van der Waals surface area (Å²) in [4.78, 5) is 24.6. The second kappa shape index (κ2) is 6.51. The summed E-state index contributed by atoms with van der Waals surface area (Å²) >= 11 is 0. The fourth-order valence-electron chi connectivity index (χ4n) is 1.97. The number of rotatable bonds is 6. The fourth-order valence-corrected chi connectivity index (χ4v) is 1.97. The minimum atomic E-state index is -0.886. The van der Waals surface area contributed by atoms with Crippen molar-refractivity contribution in [3.05, 3.63) is 12.7 Å². The average Bonchev–Trinajstić information content (AvgIpc) is 2.83. The summed E-state index contributed by atoms with van der Waals surface area (Å²) in [6, 6.07) is -0.675. The number of nitrogens with one attached hydrogen (secondary N) is 1. The summed E-state index contributed by atoms with van der Waals surface area (Å²) in [5.74, 6) is -1.61. The van der Waals surface area contributed by atoms with Crippen LogP contribution in [0.5, 0.6) is 0 Å². The zero-order chi connectivity index (χ0) is 13.7. The number of carboxylic acids is 1. The van der Waals surface area contributed by atoms with Gasteiger partial charge in [-0.2, -0.15) is 0 Å². The highest BCUT2D eigenvalue weighted by molar-refractivity contribution is 5.81. The Morgan fingerprint density at radius 1 is 1.61 bits per heavy atom. The van der Waals surface area contributed by atoms with Gasteiger partial charge < -0.3 is 15.2 Å². The van der Waals surface area contributed by atoms with E-state index in [0.29, 0.717) is 13.2 Å². The van der Waals surface area contributed by atoms with Crippen LogP contribution < -0.4 is 5.32 Å². The zero-order valence-corrected chi connectivity index (χ0v) is 10.8. The van der Waals surface area contributed by atoms with Gasteiger partial charge in [0.25, 0.3) is 0 Å². The van der Waals surface area contributed by atoms with Crippen LogP contribution in [-0.2, 0) is 14.3 Å². The Morgan fingerprint density at radius 2 is 2.28 bits per heavy atom. The predicted molar refractivity (Wildman–Crippen MR) is 66.2 cm³/mol. The van der Waals surface area contributed by atoms with Gasteiger partial charge in [0.1, 0.15) is 0 Å². The van der Waals surface area contributed by atoms with Gasteiger partial charge in [0.15, 0.2) is 0 Å². The Hall–Kier alpha value is -1.40. The van der Waals surface area contributed by atoms with Crippen molar-refractivity contribution < 1.29 is 19.4 Å². The molecule has 102 valence electrons. The molecular weight excluding hydrogens is 236 g/mol. The van der Waals surface area contributed by atoms with E-state index >= 15 is 0 Å². The van der Waals surface area contributed by atoms with Crippen molar-refractivity contribution in [1.29, 1.82) is 0 Å². The van der Waals surface area contributed by atoms with Gasteiger partial charge in [-0.1, -0.05) is 6.08 Å². The van der Waals surface area contributed by atoms with Crippen molar-refractivity contribution >= 4 is 11.9 Å². The molecule has 6 heteroatoms. The molecule has 1 aliphatic rings. The third kappa shape index (κ3) is 3.30. The highest BCUT2D eigenvalue weighted by Crippen LogP contribution is 2.20. The quantitative estimate of drug-likeness (QED) is 0.638. The molecule has 1 saturated heterocycles. The number of likely N-dealkylation sites (N-methyl/N-ethyl adjacent to an activating group) is 1. The molecule has 0 spiro atoms. The molecule has 3 unspecified atom stereocenters. The second-order valence-electron chi connectivity index (χ2n) is 4.42. The number of carbonyl (C=O) groups excluding carboxylic acids is 1. The van der Waals surface area contributed by atoms with Gasteiger partial charge in [0, 0.05) is 12.6 Å². The van der Waals surface area contributed by atoms with Crippen molar-refractivity contribution in [2.45, 2.75) is 19.0 Å². The van der Waals surface area contributed by atoms with Gasteiger partial charge in [0.05, 0.1) is 25.2 Å². The first kappa shape index (κ1) is 14.7. The Balaban J connectivity index is 2.62. The molecule has 1 fully saturated rings. The van der Waals surface area contributed by atoms with Gasteiger partial charge >= 0.3 is 5.97 Å². The molecule has 0 aliphatic carbocycles. The summed E-state index contributed by atoms with van der Waals surface area (Å²) in [5, 5.41) is 11.8. The van der Waals surface area contributed by atoms with Crippen LogP contribution in [0.1, 0.15) is 6.92 Å². The molecule has 1 amide bonds. The second-order valence-corrected chi connectivity index (χ2v) is 4.42. The molecular formula is C12H20N2O4. The van der Waals surface area contributed by atoms with E-state index in [-0.39, 0.29) is 18.6 Å². The number of ether oxygens (including phenoxy) is 1. The molecule has 2 N–H and O–H groups in total. The topological polar surface area (TPSA) is 78.9 Å². The van der Waals surface area contributed by atoms with E-state index < -0.39 is 17.9 Å². The Bertz CT molecular complexity index is 332. The number of nitrogens with zero attached hydrogens (tertiary/aromatic N) is 1. The van der Waals surface area contributed by atoms with Gasteiger partial charge in [0.2, 0.25) is 5.91 Å². The standard InChI is InChI=1S/C12H20N2O4/c1-4-5-13-11(15)8(2)14(3)10-7-18-6-9(10)12(16)17/h4,8-10H,1,5-7H2,2-3H3,(H,13,15)(H,16,17). The number of aliphatic carboxylic acids is 1. The Kier molecular flexibility index (Phi) is 5.30. The lowest BCUT2D eigenvalue weighted by atomic mass is 10.0. The summed E-state index contributed by atoms with van der Waals surface area (Å²) in [6.45, 7) is 6.21. The van der Waals surface area contributed by atoms with E-state index in [0.717, 1.165) is 0 Å². The predicted octanol–water partition coefficient (Wildman–Crippen LogP) is -0.291. The maximum atomic E-state index is 11.8. The molecule has 0 aromatic rings. The molecule has 0 saturated carbocycles. The molecule has 1 heterocycles. The maximum Gasteiger partial charge on any atom is 0.310 e. The van der Waals surface area contributed by atoms with Crippen LogP contribution in [-0.4, -0.2) is 60.8 Å². The van der Waals surface area contributed by atoms with Crippen molar-refractivity contribution in [1.82, 2.24) is 10.2 Å². The van der Waals surface area contributed by atoms with E-state index in [1.807, 2.05) is 0 Å².